The van der Waals surface area contributed by atoms with E-state index in [2.05, 4.69) is 15.3 Å². The number of nitrogens with zero attached hydrogens (tertiary/aromatic N) is 3. The molecule has 6 rings (SSSR count). The van der Waals surface area contributed by atoms with Gasteiger partial charge in [-0.15, -0.1) is 0 Å². The van der Waals surface area contributed by atoms with Gasteiger partial charge in [-0.2, -0.15) is 0 Å². The predicted octanol–water partition coefficient (Wildman–Crippen LogP) is 4.49. The normalized spacial score (nSPS) is 23.2. The number of carbonyl (C=O) groups excluding carboxylic acids is 2. The van der Waals surface area contributed by atoms with Crippen LogP contribution in [0.3, 0.4) is 0 Å². The molecule has 9 heteroatoms. The van der Waals surface area contributed by atoms with Crippen LogP contribution in [0.5, 0.6) is 11.6 Å². The minimum Gasteiger partial charge on any atom is -0.482 e. The van der Waals surface area contributed by atoms with Crippen LogP contribution in [-0.2, 0) is 16.0 Å². The van der Waals surface area contributed by atoms with Crippen LogP contribution in [-0.4, -0.2) is 47.8 Å². The van der Waals surface area contributed by atoms with Crippen molar-refractivity contribution in [2.45, 2.75) is 44.1 Å². The minimum absolute atomic E-state index is 0.00443. The van der Waals surface area contributed by atoms with E-state index in [0.29, 0.717) is 35.5 Å². The van der Waals surface area contributed by atoms with Gasteiger partial charge in [-0.25, -0.2) is 9.78 Å². The predicted molar refractivity (Wildman–Crippen MR) is 133 cm³/mol. The fraction of sp³-hybridized carbons (Fsp3) is 0.407. The molecule has 9 nitrogen and oxygen atoms in total. The van der Waals surface area contributed by atoms with Crippen molar-refractivity contribution in [3.8, 4) is 11.6 Å². The van der Waals surface area contributed by atoms with E-state index in [1.165, 1.54) is 5.56 Å². The summed E-state index contributed by atoms with van der Waals surface area (Å²) in [6, 6.07) is 11.2. The third-order valence-corrected chi connectivity index (χ3v) is 7.57. The lowest BCUT2D eigenvalue weighted by molar-refractivity contribution is -0.118. The van der Waals surface area contributed by atoms with Gasteiger partial charge in [0.15, 0.2) is 6.61 Å². The van der Waals surface area contributed by atoms with E-state index in [9.17, 15) is 9.59 Å². The van der Waals surface area contributed by atoms with Gasteiger partial charge in [-0.05, 0) is 80.3 Å². The number of methoxy groups -OCH3 is 1. The topological polar surface area (TPSA) is 103 Å². The number of ether oxygens (including phenoxy) is 3. The van der Waals surface area contributed by atoms with Crippen molar-refractivity contribution in [1.29, 1.82) is 0 Å². The number of aromatic nitrogens is 2. The summed E-state index contributed by atoms with van der Waals surface area (Å²) in [4.78, 5) is 35.2. The van der Waals surface area contributed by atoms with Crippen LogP contribution in [0.1, 0.15) is 37.7 Å². The first kappa shape index (κ1) is 22.6. The average molecular weight is 489 g/mol. The highest BCUT2D eigenvalue weighted by molar-refractivity contribution is 5.97. The van der Waals surface area contributed by atoms with E-state index in [4.69, 9.17) is 14.2 Å². The molecule has 3 aliphatic rings. The molecule has 1 saturated carbocycles. The molecule has 0 bridgehead atoms. The Labute approximate surface area is 208 Å². The standard InChI is InChI=1S/C27H28N4O5/c1-34-24-7-5-20-25(30-24)18(10-13-28-20)3-2-17-8-11-27(12-9-17)16-31(26(33)36-27)19-4-6-22-21(14-19)29-23(32)15-35-22/h4-7,10,13-14,17H,2-3,8-9,11-12,15-16H2,1H3,(H,29,32)/t17-,27-. The van der Waals surface area contributed by atoms with Crippen LogP contribution in [0.25, 0.3) is 11.0 Å². The molecule has 4 heterocycles. The van der Waals surface area contributed by atoms with E-state index in [-0.39, 0.29) is 18.6 Å². The lowest BCUT2D eigenvalue weighted by Gasteiger charge is -2.35. The average Bonchev–Trinajstić information content (AvgIpc) is 3.23. The number of amides is 2. The third-order valence-electron chi connectivity index (χ3n) is 7.57. The molecule has 0 unspecified atom stereocenters. The SMILES string of the molecule is COc1ccc2nccc(CC[C@H]3CC[C@]4(CC3)CN(c3ccc5c(c3)NC(=O)CO5)C(=O)O4)c2n1. The highest BCUT2D eigenvalue weighted by Gasteiger charge is 2.47. The molecule has 2 fully saturated rings. The Morgan fingerprint density at radius 1 is 1.17 bits per heavy atom. The number of benzene rings is 1. The number of hydrogen-bond donors (Lipinski definition) is 1. The number of hydrogen-bond acceptors (Lipinski definition) is 7. The van der Waals surface area contributed by atoms with E-state index in [1.54, 1.807) is 24.1 Å². The zero-order valence-corrected chi connectivity index (χ0v) is 20.2. The Morgan fingerprint density at radius 2 is 2.03 bits per heavy atom. The molecule has 1 spiro atoms. The van der Waals surface area contributed by atoms with Crippen LogP contribution >= 0.6 is 0 Å². The van der Waals surface area contributed by atoms with Crippen LogP contribution in [0, 0.1) is 5.92 Å². The van der Waals surface area contributed by atoms with Gasteiger partial charge in [-0.1, -0.05) is 0 Å². The molecule has 1 saturated heterocycles. The number of rotatable bonds is 5. The first-order chi connectivity index (χ1) is 17.5. The van der Waals surface area contributed by atoms with Crippen LogP contribution in [0.4, 0.5) is 16.2 Å². The Bertz CT molecular complexity index is 1330. The van der Waals surface area contributed by atoms with Crippen molar-refractivity contribution in [2.24, 2.45) is 5.92 Å². The van der Waals surface area contributed by atoms with E-state index in [0.717, 1.165) is 49.6 Å². The quantitative estimate of drug-likeness (QED) is 0.565. The van der Waals surface area contributed by atoms with Gasteiger partial charge in [0.25, 0.3) is 5.91 Å². The second-order valence-corrected chi connectivity index (χ2v) is 9.83. The fourth-order valence-corrected chi connectivity index (χ4v) is 5.55. The summed E-state index contributed by atoms with van der Waals surface area (Å²) in [5.41, 5.74) is 3.79. The number of nitrogens with one attached hydrogen (secondary N) is 1. The molecule has 1 aromatic carbocycles. The maximum atomic E-state index is 12.8. The van der Waals surface area contributed by atoms with Crippen molar-refractivity contribution >= 4 is 34.4 Å². The number of carbonyl (C=O) groups is 2. The largest absolute Gasteiger partial charge is 0.482 e. The number of fused-ring (bicyclic) bond motifs is 2. The van der Waals surface area contributed by atoms with Gasteiger partial charge in [0.05, 0.1) is 30.4 Å². The van der Waals surface area contributed by atoms with Crippen LogP contribution in [0.2, 0.25) is 0 Å². The second-order valence-electron chi connectivity index (χ2n) is 9.83. The molecule has 2 amide bonds. The van der Waals surface area contributed by atoms with Crippen molar-refractivity contribution in [2.75, 3.05) is 30.5 Å². The highest BCUT2D eigenvalue weighted by Crippen LogP contribution is 2.43. The zero-order chi connectivity index (χ0) is 24.7. The Morgan fingerprint density at radius 3 is 2.86 bits per heavy atom. The molecular weight excluding hydrogens is 460 g/mol. The molecule has 2 aliphatic heterocycles. The Balaban J connectivity index is 1.09. The lowest BCUT2D eigenvalue weighted by Crippen LogP contribution is -2.38. The molecule has 186 valence electrons. The molecular formula is C27H28N4O5. The lowest BCUT2D eigenvalue weighted by atomic mass is 9.76. The summed E-state index contributed by atoms with van der Waals surface area (Å²) in [5.74, 6) is 1.57. The van der Waals surface area contributed by atoms with Gasteiger partial charge in [0.1, 0.15) is 11.4 Å². The monoisotopic (exact) mass is 488 g/mol. The number of anilines is 2. The molecule has 0 radical (unpaired) electrons. The van der Waals surface area contributed by atoms with E-state index >= 15 is 0 Å². The summed E-state index contributed by atoms with van der Waals surface area (Å²) in [5, 5.41) is 2.80. The summed E-state index contributed by atoms with van der Waals surface area (Å²) in [6.07, 6.45) is 7.18. The van der Waals surface area contributed by atoms with Crippen molar-refractivity contribution in [1.82, 2.24) is 9.97 Å². The molecule has 1 N–H and O–H groups in total. The van der Waals surface area contributed by atoms with E-state index in [1.807, 2.05) is 30.5 Å². The van der Waals surface area contributed by atoms with Crippen molar-refractivity contribution < 1.29 is 23.8 Å². The Kier molecular flexibility index (Phi) is 5.62. The van der Waals surface area contributed by atoms with E-state index < -0.39 is 5.60 Å². The summed E-state index contributed by atoms with van der Waals surface area (Å²) in [6.45, 7) is 0.523. The molecule has 0 atom stereocenters. The van der Waals surface area contributed by atoms with Gasteiger partial charge in [0.2, 0.25) is 5.88 Å². The smallest absolute Gasteiger partial charge is 0.415 e. The van der Waals surface area contributed by atoms with Gasteiger partial charge in [-0.3, -0.25) is 14.7 Å². The maximum absolute atomic E-state index is 12.8. The fourth-order valence-electron chi connectivity index (χ4n) is 5.55. The first-order valence-electron chi connectivity index (χ1n) is 12.4. The zero-order valence-electron chi connectivity index (χ0n) is 20.2. The van der Waals surface area contributed by atoms with Gasteiger partial charge in [0, 0.05) is 18.0 Å². The van der Waals surface area contributed by atoms with Gasteiger partial charge >= 0.3 is 6.09 Å². The highest BCUT2D eigenvalue weighted by atomic mass is 16.6. The summed E-state index contributed by atoms with van der Waals surface area (Å²) >= 11 is 0. The first-order valence-corrected chi connectivity index (χ1v) is 12.4. The number of pyridine rings is 2. The summed E-state index contributed by atoms with van der Waals surface area (Å²) in [7, 11) is 1.62. The van der Waals surface area contributed by atoms with Crippen LogP contribution < -0.4 is 19.7 Å². The maximum Gasteiger partial charge on any atom is 0.415 e. The molecule has 1 aliphatic carbocycles. The summed E-state index contributed by atoms with van der Waals surface area (Å²) < 4.78 is 16.7. The third kappa shape index (κ3) is 4.19. The van der Waals surface area contributed by atoms with Crippen molar-refractivity contribution in [3.05, 3.63) is 48.2 Å². The van der Waals surface area contributed by atoms with Crippen molar-refractivity contribution in [3.63, 3.8) is 0 Å². The number of aryl methyl sites for hydroxylation is 1. The molecule has 36 heavy (non-hydrogen) atoms. The Hall–Kier alpha value is -3.88. The minimum atomic E-state index is -0.457. The molecule has 3 aromatic rings. The second kappa shape index (κ2) is 8.96. The molecule has 2 aromatic heterocycles. The van der Waals surface area contributed by atoms with Gasteiger partial charge < -0.3 is 19.5 Å². The van der Waals surface area contributed by atoms with Crippen LogP contribution in [0.15, 0.2) is 42.6 Å².